The highest BCUT2D eigenvalue weighted by Crippen LogP contribution is 2.20. The van der Waals surface area contributed by atoms with Crippen molar-refractivity contribution < 1.29 is 18.7 Å². The first kappa shape index (κ1) is 16.0. The van der Waals surface area contributed by atoms with Crippen LogP contribution in [0.25, 0.3) is 0 Å². The minimum Gasteiger partial charge on any atom is -0.465 e. The number of amides is 1. The van der Waals surface area contributed by atoms with Crippen molar-refractivity contribution in [2.75, 3.05) is 12.4 Å². The second-order valence-electron chi connectivity index (χ2n) is 4.60. The number of nitrogens with one attached hydrogen (secondary N) is 1. The van der Waals surface area contributed by atoms with Crippen molar-refractivity contribution in [2.24, 2.45) is 0 Å². The lowest BCUT2D eigenvalue weighted by atomic mass is 10.1. The first-order chi connectivity index (χ1) is 10.4. The maximum Gasteiger partial charge on any atom is 0.337 e. The average molecular weight is 322 g/mol. The maximum atomic E-state index is 13.7. The zero-order valence-electron chi connectivity index (χ0n) is 11.9. The molecule has 2 rings (SSSR count). The zero-order chi connectivity index (χ0) is 16.3. The quantitative estimate of drug-likeness (QED) is 0.874. The van der Waals surface area contributed by atoms with Gasteiger partial charge in [-0.2, -0.15) is 0 Å². The molecule has 2 aromatic rings. The van der Waals surface area contributed by atoms with Gasteiger partial charge >= 0.3 is 5.97 Å². The number of hydrogen-bond donors (Lipinski definition) is 1. The Morgan fingerprint density at radius 1 is 1.18 bits per heavy atom. The number of carbonyl (C=O) groups is 2. The summed E-state index contributed by atoms with van der Waals surface area (Å²) in [5.74, 6) is -1.86. The van der Waals surface area contributed by atoms with Gasteiger partial charge in [-0.1, -0.05) is 17.7 Å². The lowest BCUT2D eigenvalue weighted by Crippen LogP contribution is -2.15. The third kappa shape index (κ3) is 3.43. The largest absolute Gasteiger partial charge is 0.465 e. The van der Waals surface area contributed by atoms with E-state index in [1.54, 1.807) is 19.1 Å². The molecule has 0 heterocycles. The summed E-state index contributed by atoms with van der Waals surface area (Å²) in [4.78, 5) is 23.7. The zero-order valence-corrected chi connectivity index (χ0v) is 12.7. The number of aryl methyl sites for hydroxylation is 1. The molecule has 4 nitrogen and oxygen atoms in total. The van der Waals surface area contributed by atoms with Crippen molar-refractivity contribution in [1.29, 1.82) is 0 Å². The Morgan fingerprint density at radius 3 is 2.55 bits per heavy atom. The van der Waals surface area contributed by atoms with Crippen LogP contribution in [0.4, 0.5) is 10.1 Å². The van der Waals surface area contributed by atoms with Crippen LogP contribution in [0.2, 0.25) is 5.02 Å². The van der Waals surface area contributed by atoms with Crippen LogP contribution in [-0.4, -0.2) is 19.0 Å². The number of anilines is 1. The van der Waals surface area contributed by atoms with Crippen LogP contribution >= 0.6 is 11.6 Å². The normalized spacial score (nSPS) is 10.2. The van der Waals surface area contributed by atoms with Gasteiger partial charge in [-0.15, -0.1) is 0 Å². The first-order valence-electron chi connectivity index (χ1n) is 6.37. The van der Waals surface area contributed by atoms with Crippen LogP contribution in [0, 0.1) is 12.7 Å². The smallest absolute Gasteiger partial charge is 0.337 e. The van der Waals surface area contributed by atoms with Crippen molar-refractivity contribution in [1.82, 2.24) is 0 Å². The third-order valence-corrected chi connectivity index (χ3v) is 3.32. The lowest BCUT2D eigenvalue weighted by molar-refractivity contribution is 0.0600. The first-order valence-corrected chi connectivity index (χ1v) is 6.75. The Morgan fingerprint density at radius 2 is 1.91 bits per heavy atom. The van der Waals surface area contributed by atoms with E-state index in [0.717, 1.165) is 11.6 Å². The number of carbonyl (C=O) groups excluding carboxylic acids is 2. The standard InChI is InChI=1S/C16H13ClFNO3/c1-9-3-4-10(16(21)22-2)7-14(9)19-15(20)12-6-5-11(17)8-13(12)18/h3-8H,1-2H3,(H,19,20). The summed E-state index contributed by atoms with van der Waals surface area (Å²) in [6.07, 6.45) is 0. The highest BCUT2D eigenvalue weighted by Gasteiger charge is 2.15. The molecule has 0 fully saturated rings. The van der Waals surface area contributed by atoms with Gasteiger partial charge in [0, 0.05) is 10.7 Å². The maximum absolute atomic E-state index is 13.7. The second kappa shape index (κ2) is 6.58. The van der Waals surface area contributed by atoms with E-state index in [4.69, 9.17) is 11.6 Å². The number of methoxy groups -OCH3 is 1. The highest BCUT2D eigenvalue weighted by molar-refractivity contribution is 6.30. The van der Waals surface area contributed by atoms with Gasteiger partial charge in [-0.3, -0.25) is 4.79 Å². The number of hydrogen-bond acceptors (Lipinski definition) is 3. The highest BCUT2D eigenvalue weighted by atomic mass is 35.5. The van der Waals surface area contributed by atoms with E-state index in [0.29, 0.717) is 11.3 Å². The monoisotopic (exact) mass is 321 g/mol. The number of esters is 1. The fourth-order valence-corrected chi connectivity index (χ4v) is 2.02. The molecular formula is C16H13ClFNO3. The topological polar surface area (TPSA) is 55.4 Å². The van der Waals surface area contributed by atoms with E-state index in [1.807, 2.05) is 0 Å². The van der Waals surface area contributed by atoms with E-state index in [1.165, 1.54) is 25.3 Å². The summed E-state index contributed by atoms with van der Waals surface area (Å²) in [6, 6.07) is 8.52. The van der Waals surface area contributed by atoms with E-state index in [-0.39, 0.29) is 10.6 Å². The fraction of sp³-hybridized carbons (Fsp3) is 0.125. The summed E-state index contributed by atoms with van der Waals surface area (Å²) in [5.41, 5.74) is 1.30. The average Bonchev–Trinajstić information content (AvgIpc) is 2.48. The molecule has 2 aromatic carbocycles. The van der Waals surface area contributed by atoms with E-state index in [9.17, 15) is 14.0 Å². The number of benzene rings is 2. The van der Waals surface area contributed by atoms with Crippen LogP contribution in [0.3, 0.4) is 0 Å². The van der Waals surface area contributed by atoms with E-state index >= 15 is 0 Å². The van der Waals surface area contributed by atoms with Crippen molar-refractivity contribution in [3.63, 3.8) is 0 Å². The molecule has 0 atom stereocenters. The molecule has 0 spiro atoms. The molecule has 0 aromatic heterocycles. The van der Waals surface area contributed by atoms with Gasteiger partial charge in [-0.25, -0.2) is 9.18 Å². The summed E-state index contributed by atoms with van der Waals surface area (Å²) < 4.78 is 18.4. The molecule has 0 bridgehead atoms. The Balaban J connectivity index is 2.29. The van der Waals surface area contributed by atoms with Crippen molar-refractivity contribution in [3.8, 4) is 0 Å². The van der Waals surface area contributed by atoms with E-state index < -0.39 is 17.7 Å². The van der Waals surface area contributed by atoms with Crippen molar-refractivity contribution >= 4 is 29.2 Å². The molecule has 0 radical (unpaired) electrons. The SMILES string of the molecule is COC(=O)c1ccc(C)c(NC(=O)c2ccc(Cl)cc2F)c1. The summed E-state index contributed by atoms with van der Waals surface area (Å²) >= 11 is 5.66. The lowest BCUT2D eigenvalue weighted by Gasteiger charge is -2.10. The van der Waals surface area contributed by atoms with Crippen molar-refractivity contribution in [2.45, 2.75) is 6.92 Å². The summed E-state index contributed by atoms with van der Waals surface area (Å²) in [7, 11) is 1.27. The van der Waals surface area contributed by atoms with Gasteiger partial charge in [0.25, 0.3) is 5.91 Å². The van der Waals surface area contributed by atoms with Crippen LogP contribution in [-0.2, 0) is 4.74 Å². The Labute approximate surface area is 131 Å². The molecule has 22 heavy (non-hydrogen) atoms. The molecule has 0 saturated heterocycles. The number of rotatable bonds is 3. The van der Waals surface area contributed by atoms with Gasteiger partial charge in [0.15, 0.2) is 0 Å². The predicted molar refractivity (Wildman–Crippen MR) is 81.9 cm³/mol. The molecule has 0 unspecified atom stereocenters. The van der Waals surface area contributed by atoms with Crippen molar-refractivity contribution in [3.05, 3.63) is 63.9 Å². The van der Waals surface area contributed by atoms with E-state index in [2.05, 4.69) is 10.1 Å². The predicted octanol–water partition coefficient (Wildman–Crippen LogP) is 3.83. The van der Waals surface area contributed by atoms with Crippen LogP contribution in [0.15, 0.2) is 36.4 Å². The molecule has 1 N–H and O–H groups in total. The van der Waals surface area contributed by atoms with Gasteiger partial charge in [0.1, 0.15) is 5.82 Å². The van der Waals surface area contributed by atoms with Gasteiger partial charge < -0.3 is 10.1 Å². The van der Waals surface area contributed by atoms with Crippen LogP contribution in [0.5, 0.6) is 0 Å². The Hall–Kier alpha value is -2.40. The minimum absolute atomic E-state index is 0.132. The van der Waals surface area contributed by atoms with Gasteiger partial charge in [0.05, 0.1) is 18.2 Å². The molecule has 0 aliphatic carbocycles. The minimum atomic E-state index is -0.716. The summed E-state index contributed by atoms with van der Waals surface area (Å²) in [5, 5.41) is 2.78. The molecule has 0 aliphatic rings. The third-order valence-electron chi connectivity index (χ3n) is 3.08. The second-order valence-corrected chi connectivity index (χ2v) is 5.04. The number of ether oxygens (including phenoxy) is 1. The van der Waals surface area contributed by atoms with Gasteiger partial charge in [-0.05, 0) is 42.8 Å². The molecule has 6 heteroatoms. The Bertz CT molecular complexity index is 746. The molecular weight excluding hydrogens is 309 g/mol. The molecule has 1 amide bonds. The molecule has 0 saturated carbocycles. The number of halogens is 2. The molecule has 0 aliphatic heterocycles. The Kier molecular flexibility index (Phi) is 4.78. The van der Waals surface area contributed by atoms with Crippen LogP contribution < -0.4 is 5.32 Å². The van der Waals surface area contributed by atoms with Crippen LogP contribution in [0.1, 0.15) is 26.3 Å². The van der Waals surface area contributed by atoms with Gasteiger partial charge in [0.2, 0.25) is 0 Å². The fourth-order valence-electron chi connectivity index (χ4n) is 1.86. The molecule has 114 valence electrons. The summed E-state index contributed by atoms with van der Waals surface area (Å²) in [6.45, 7) is 1.76.